The van der Waals surface area contributed by atoms with Crippen LogP contribution in [0.15, 0.2) is 28.7 Å². The molecule has 0 aliphatic heterocycles. The normalized spacial score (nSPS) is 20.1. The zero-order chi connectivity index (χ0) is 14.1. The molecule has 2 atom stereocenters. The van der Waals surface area contributed by atoms with Gasteiger partial charge in [0.2, 0.25) is 0 Å². The van der Waals surface area contributed by atoms with Gasteiger partial charge in [-0.15, -0.1) is 0 Å². The second-order valence-electron chi connectivity index (χ2n) is 5.98. The molecule has 0 amide bonds. The Bertz CT molecular complexity index is 581. The third kappa shape index (κ3) is 2.48. The minimum Gasteiger partial charge on any atom is -0.458 e. The average molecular weight is 274 g/mol. The molecule has 0 spiro atoms. The number of hydrogen-bond donors (Lipinski definition) is 2. The van der Waals surface area contributed by atoms with E-state index < -0.39 is 12.2 Å². The number of fused-ring (bicyclic) bond motifs is 1. The standard InChI is InChI=1S/C17H22O3/c1-11-6-5-9-13-10-14(20-17(11)13)16(19)15(18)12-7-3-2-4-8-12/h5-6,9-10,12,15-16,18-19H,2-4,7-8H2,1H3. The third-order valence-electron chi connectivity index (χ3n) is 4.51. The highest BCUT2D eigenvalue weighted by Gasteiger charge is 2.30. The van der Waals surface area contributed by atoms with Crippen molar-refractivity contribution < 1.29 is 14.6 Å². The first-order valence-corrected chi connectivity index (χ1v) is 7.52. The fourth-order valence-corrected chi connectivity index (χ4v) is 3.28. The molecule has 3 rings (SSSR count). The maximum absolute atomic E-state index is 10.4. The summed E-state index contributed by atoms with van der Waals surface area (Å²) in [6, 6.07) is 7.77. The minimum atomic E-state index is -0.926. The number of aliphatic hydroxyl groups is 2. The predicted molar refractivity (Wildman–Crippen MR) is 78.5 cm³/mol. The van der Waals surface area contributed by atoms with Gasteiger partial charge in [0.05, 0.1) is 6.10 Å². The Morgan fingerprint density at radius 2 is 1.90 bits per heavy atom. The van der Waals surface area contributed by atoms with E-state index in [0.29, 0.717) is 5.76 Å². The number of benzene rings is 1. The SMILES string of the molecule is Cc1cccc2cc(C(O)C(O)C3CCCCC3)oc12. The van der Waals surface area contributed by atoms with E-state index >= 15 is 0 Å². The Balaban J connectivity index is 1.84. The Kier molecular flexibility index (Phi) is 3.81. The van der Waals surface area contributed by atoms with E-state index in [-0.39, 0.29) is 5.92 Å². The van der Waals surface area contributed by atoms with E-state index in [0.717, 1.165) is 42.2 Å². The summed E-state index contributed by atoms with van der Waals surface area (Å²) >= 11 is 0. The first-order valence-electron chi connectivity index (χ1n) is 7.52. The molecule has 1 fully saturated rings. The van der Waals surface area contributed by atoms with Crippen LogP contribution in [0.25, 0.3) is 11.0 Å². The highest BCUT2D eigenvalue weighted by Crippen LogP contribution is 2.34. The van der Waals surface area contributed by atoms with Gasteiger partial charge in [-0.1, -0.05) is 37.5 Å². The molecule has 2 unspecified atom stereocenters. The molecule has 108 valence electrons. The molecule has 1 aromatic heterocycles. The number of furan rings is 1. The second kappa shape index (κ2) is 5.58. The maximum Gasteiger partial charge on any atom is 0.138 e. The van der Waals surface area contributed by atoms with Crippen molar-refractivity contribution in [1.29, 1.82) is 0 Å². The van der Waals surface area contributed by atoms with Crippen molar-refractivity contribution in [2.45, 2.75) is 51.2 Å². The molecule has 2 aromatic rings. The van der Waals surface area contributed by atoms with Gasteiger partial charge in [0, 0.05) is 5.39 Å². The fourth-order valence-electron chi connectivity index (χ4n) is 3.28. The number of hydrogen-bond acceptors (Lipinski definition) is 3. The van der Waals surface area contributed by atoms with E-state index in [1.54, 1.807) is 0 Å². The quantitative estimate of drug-likeness (QED) is 0.897. The lowest BCUT2D eigenvalue weighted by atomic mass is 9.83. The first-order chi connectivity index (χ1) is 9.66. The van der Waals surface area contributed by atoms with Crippen LogP contribution in [0.4, 0.5) is 0 Å². The number of rotatable bonds is 3. The minimum absolute atomic E-state index is 0.188. The average Bonchev–Trinajstić information content (AvgIpc) is 2.92. The predicted octanol–water partition coefficient (Wildman–Crippen LogP) is 3.72. The summed E-state index contributed by atoms with van der Waals surface area (Å²) in [6.07, 6.45) is 3.88. The van der Waals surface area contributed by atoms with Crippen molar-refractivity contribution in [2.24, 2.45) is 5.92 Å². The van der Waals surface area contributed by atoms with Crippen molar-refractivity contribution >= 4 is 11.0 Å². The van der Waals surface area contributed by atoms with E-state index in [2.05, 4.69) is 0 Å². The smallest absolute Gasteiger partial charge is 0.138 e. The maximum atomic E-state index is 10.4. The van der Waals surface area contributed by atoms with Crippen molar-refractivity contribution in [3.05, 3.63) is 35.6 Å². The van der Waals surface area contributed by atoms with Crippen LogP contribution in [0, 0.1) is 12.8 Å². The molecular formula is C17H22O3. The molecular weight excluding hydrogens is 252 g/mol. The Hall–Kier alpha value is -1.32. The van der Waals surface area contributed by atoms with Crippen LogP contribution in [-0.2, 0) is 0 Å². The third-order valence-corrected chi connectivity index (χ3v) is 4.51. The molecule has 0 bridgehead atoms. The monoisotopic (exact) mass is 274 g/mol. The van der Waals surface area contributed by atoms with Gasteiger partial charge in [-0.2, -0.15) is 0 Å². The van der Waals surface area contributed by atoms with Gasteiger partial charge in [-0.3, -0.25) is 0 Å². The van der Waals surface area contributed by atoms with Crippen LogP contribution in [0.2, 0.25) is 0 Å². The fraction of sp³-hybridized carbons (Fsp3) is 0.529. The van der Waals surface area contributed by atoms with Gasteiger partial charge < -0.3 is 14.6 Å². The summed E-state index contributed by atoms with van der Waals surface area (Å²) in [6.45, 7) is 1.99. The molecule has 1 aliphatic carbocycles. The zero-order valence-electron chi connectivity index (χ0n) is 11.9. The molecule has 1 aromatic carbocycles. The lowest BCUT2D eigenvalue weighted by Gasteiger charge is -2.28. The van der Waals surface area contributed by atoms with E-state index in [9.17, 15) is 10.2 Å². The van der Waals surface area contributed by atoms with Gasteiger partial charge in [-0.05, 0) is 37.3 Å². The molecule has 2 N–H and O–H groups in total. The summed E-state index contributed by atoms with van der Waals surface area (Å²) in [5.41, 5.74) is 1.85. The van der Waals surface area contributed by atoms with Crippen molar-refractivity contribution in [3.8, 4) is 0 Å². The molecule has 1 aliphatic rings. The molecule has 3 nitrogen and oxygen atoms in total. The van der Waals surface area contributed by atoms with E-state index in [1.807, 2.05) is 31.2 Å². The topological polar surface area (TPSA) is 53.6 Å². The van der Waals surface area contributed by atoms with Gasteiger partial charge in [0.25, 0.3) is 0 Å². The summed E-state index contributed by atoms with van der Waals surface area (Å²) < 4.78 is 5.76. The summed E-state index contributed by atoms with van der Waals surface area (Å²) in [5.74, 6) is 0.667. The van der Waals surface area contributed by atoms with E-state index in [4.69, 9.17) is 4.42 Å². The summed E-state index contributed by atoms with van der Waals surface area (Å²) in [4.78, 5) is 0. The highest BCUT2D eigenvalue weighted by atomic mass is 16.4. The second-order valence-corrected chi connectivity index (χ2v) is 5.98. The van der Waals surface area contributed by atoms with Gasteiger partial charge in [0.1, 0.15) is 17.4 Å². The van der Waals surface area contributed by atoms with Crippen LogP contribution >= 0.6 is 0 Å². The zero-order valence-corrected chi connectivity index (χ0v) is 11.9. The summed E-state index contributed by atoms with van der Waals surface area (Å²) in [7, 11) is 0. The van der Waals surface area contributed by atoms with Crippen molar-refractivity contribution in [3.63, 3.8) is 0 Å². The Morgan fingerprint density at radius 3 is 2.60 bits per heavy atom. The van der Waals surface area contributed by atoms with Crippen LogP contribution in [0.3, 0.4) is 0 Å². The highest BCUT2D eigenvalue weighted by molar-refractivity contribution is 5.80. The van der Waals surface area contributed by atoms with Crippen molar-refractivity contribution in [2.75, 3.05) is 0 Å². The molecule has 3 heteroatoms. The first kappa shape index (κ1) is 13.7. The summed E-state index contributed by atoms with van der Waals surface area (Å²) in [5, 5.41) is 21.8. The van der Waals surface area contributed by atoms with Crippen LogP contribution < -0.4 is 0 Å². The number of aryl methyl sites for hydroxylation is 1. The molecule has 0 radical (unpaired) electrons. The van der Waals surface area contributed by atoms with Crippen LogP contribution in [-0.4, -0.2) is 16.3 Å². The van der Waals surface area contributed by atoms with E-state index in [1.165, 1.54) is 6.42 Å². The van der Waals surface area contributed by atoms with Crippen molar-refractivity contribution in [1.82, 2.24) is 0 Å². The van der Waals surface area contributed by atoms with Crippen LogP contribution in [0.5, 0.6) is 0 Å². The molecule has 1 heterocycles. The lowest BCUT2D eigenvalue weighted by Crippen LogP contribution is -2.29. The van der Waals surface area contributed by atoms with Crippen LogP contribution in [0.1, 0.15) is 49.5 Å². The molecule has 20 heavy (non-hydrogen) atoms. The van der Waals surface area contributed by atoms with Gasteiger partial charge in [0.15, 0.2) is 0 Å². The Labute approximate surface area is 119 Å². The molecule has 1 saturated carbocycles. The lowest BCUT2D eigenvalue weighted by molar-refractivity contribution is -0.0375. The van der Waals surface area contributed by atoms with Gasteiger partial charge in [-0.25, -0.2) is 0 Å². The number of para-hydroxylation sites is 1. The Morgan fingerprint density at radius 1 is 1.15 bits per heavy atom. The van der Waals surface area contributed by atoms with Gasteiger partial charge >= 0.3 is 0 Å². The largest absolute Gasteiger partial charge is 0.458 e. The number of aliphatic hydroxyl groups excluding tert-OH is 2. The molecule has 0 saturated heterocycles.